The van der Waals surface area contributed by atoms with Crippen molar-refractivity contribution in [1.29, 1.82) is 0 Å². The number of aryl methyl sites for hydroxylation is 1. The minimum atomic E-state index is -1.02. The highest BCUT2D eigenvalue weighted by Gasteiger charge is 2.30. The first-order chi connectivity index (χ1) is 12.4. The van der Waals surface area contributed by atoms with Crippen LogP contribution in [0.2, 0.25) is 0 Å². The van der Waals surface area contributed by atoms with E-state index in [1.165, 1.54) is 18.7 Å². The first kappa shape index (κ1) is 18.0. The first-order valence-corrected chi connectivity index (χ1v) is 8.80. The van der Waals surface area contributed by atoms with Gasteiger partial charge in [0.15, 0.2) is 11.9 Å². The van der Waals surface area contributed by atoms with Gasteiger partial charge in [0.1, 0.15) is 5.76 Å². The maximum atomic E-state index is 12.1. The maximum absolute atomic E-state index is 12.1. The van der Waals surface area contributed by atoms with Crippen molar-refractivity contribution >= 4 is 41.1 Å². The van der Waals surface area contributed by atoms with Gasteiger partial charge in [-0.05, 0) is 26.0 Å². The van der Waals surface area contributed by atoms with Gasteiger partial charge in [0.25, 0.3) is 5.91 Å². The lowest BCUT2D eigenvalue weighted by Crippen LogP contribution is -2.34. The highest BCUT2D eigenvalue weighted by molar-refractivity contribution is 8.01. The fraction of sp³-hybridized carbons (Fsp3) is 0.294. The molecule has 3 rings (SSSR count). The summed E-state index contributed by atoms with van der Waals surface area (Å²) in [6.45, 7) is 3.14. The average molecular weight is 375 g/mol. The molecule has 0 fully saturated rings. The van der Waals surface area contributed by atoms with Gasteiger partial charge in [0.05, 0.1) is 17.4 Å². The van der Waals surface area contributed by atoms with Crippen molar-refractivity contribution in [1.82, 2.24) is 5.16 Å². The number of nitrogens with zero attached hydrogens (tertiary/aromatic N) is 1. The number of fused-ring (bicyclic) bond motifs is 1. The number of ether oxygens (including phenoxy) is 1. The molecule has 0 bridgehead atoms. The summed E-state index contributed by atoms with van der Waals surface area (Å²) in [6, 6.07) is 8.90. The second-order valence-electron chi connectivity index (χ2n) is 5.74. The molecule has 1 aliphatic rings. The molecule has 0 aliphatic carbocycles. The van der Waals surface area contributed by atoms with Crippen LogP contribution in [0.15, 0.2) is 39.8 Å². The monoisotopic (exact) mass is 375 g/mol. The molecule has 0 unspecified atom stereocenters. The predicted octanol–water partition coefficient (Wildman–Crippen LogP) is 2.36. The van der Waals surface area contributed by atoms with Gasteiger partial charge < -0.3 is 19.9 Å². The lowest BCUT2D eigenvalue weighted by molar-refractivity contribution is -0.153. The average Bonchev–Trinajstić information content (AvgIpc) is 3.00. The lowest BCUT2D eigenvalue weighted by Gasteiger charge is -2.23. The first-order valence-electron chi connectivity index (χ1n) is 7.92. The number of hydrogen-bond acceptors (Lipinski definition) is 7. The van der Waals surface area contributed by atoms with Crippen molar-refractivity contribution in [2.45, 2.75) is 36.5 Å². The number of thioether (sulfide) groups is 1. The number of carbonyl (C=O) groups excluding carboxylic acids is 3. The summed E-state index contributed by atoms with van der Waals surface area (Å²) >= 11 is 1.30. The van der Waals surface area contributed by atoms with Crippen LogP contribution in [-0.2, 0) is 19.1 Å². The zero-order valence-electron chi connectivity index (χ0n) is 14.1. The van der Waals surface area contributed by atoms with Crippen molar-refractivity contribution in [3.05, 3.63) is 36.1 Å². The molecule has 0 radical (unpaired) electrons. The predicted molar refractivity (Wildman–Crippen MR) is 94.8 cm³/mol. The summed E-state index contributed by atoms with van der Waals surface area (Å²) in [5.41, 5.74) is 0.725. The Kier molecular flexibility index (Phi) is 5.27. The van der Waals surface area contributed by atoms with Gasteiger partial charge >= 0.3 is 5.97 Å². The number of para-hydroxylation sites is 1. The molecule has 0 saturated carbocycles. The number of aromatic nitrogens is 1. The number of benzene rings is 1. The highest BCUT2D eigenvalue weighted by atomic mass is 32.2. The molecule has 9 heteroatoms. The van der Waals surface area contributed by atoms with E-state index in [-0.39, 0.29) is 18.1 Å². The third-order valence-corrected chi connectivity index (χ3v) is 4.89. The number of anilines is 2. The molecule has 26 heavy (non-hydrogen) atoms. The fourth-order valence-electron chi connectivity index (χ4n) is 2.33. The summed E-state index contributed by atoms with van der Waals surface area (Å²) < 4.78 is 9.98. The van der Waals surface area contributed by atoms with Crippen LogP contribution in [0, 0.1) is 6.92 Å². The molecule has 1 aromatic carbocycles. The molecule has 0 spiro atoms. The Bertz CT molecular complexity index is 850. The molecular formula is C17H17N3O5S. The number of carbonyl (C=O) groups is 3. The molecule has 8 nitrogen and oxygen atoms in total. The second kappa shape index (κ2) is 7.61. The number of esters is 1. The summed E-state index contributed by atoms with van der Waals surface area (Å²) in [6.07, 6.45) is -1.16. The Morgan fingerprint density at radius 3 is 2.92 bits per heavy atom. The zero-order valence-corrected chi connectivity index (χ0v) is 15.0. The van der Waals surface area contributed by atoms with E-state index in [1.807, 2.05) is 18.2 Å². The molecule has 0 saturated heterocycles. The quantitative estimate of drug-likeness (QED) is 0.772. The normalized spacial score (nSPS) is 17.0. The summed E-state index contributed by atoms with van der Waals surface area (Å²) in [5, 5.41) is 8.28. The van der Waals surface area contributed by atoms with E-state index in [9.17, 15) is 14.4 Å². The molecule has 2 atom stereocenters. The van der Waals surface area contributed by atoms with E-state index >= 15 is 0 Å². The van der Waals surface area contributed by atoms with E-state index in [2.05, 4.69) is 15.8 Å². The Morgan fingerprint density at radius 2 is 2.19 bits per heavy atom. The van der Waals surface area contributed by atoms with Gasteiger partial charge in [0, 0.05) is 11.0 Å². The Labute approximate surface area is 153 Å². The standard InChI is InChI=1S/C17H17N3O5S/c1-9-7-14(20-25-9)19-16(22)10(2)24-15(21)8-13-17(23)18-11-5-3-4-6-12(11)26-13/h3-7,10,13H,8H2,1-2H3,(H,18,23)(H,19,20,22)/t10-,13-/m1/s1. The second-order valence-corrected chi connectivity index (χ2v) is 6.98. The number of hydrogen-bond donors (Lipinski definition) is 2. The number of nitrogens with one attached hydrogen (secondary N) is 2. The van der Waals surface area contributed by atoms with Gasteiger partial charge in [-0.3, -0.25) is 14.4 Å². The van der Waals surface area contributed by atoms with Gasteiger partial charge in [-0.1, -0.05) is 17.3 Å². The van der Waals surface area contributed by atoms with E-state index in [0.29, 0.717) is 5.76 Å². The zero-order chi connectivity index (χ0) is 18.7. The highest BCUT2D eigenvalue weighted by Crippen LogP contribution is 2.36. The minimum absolute atomic E-state index is 0.133. The van der Waals surface area contributed by atoms with Gasteiger partial charge in [-0.25, -0.2) is 0 Å². The van der Waals surface area contributed by atoms with Crippen LogP contribution in [0.25, 0.3) is 0 Å². The molecule has 136 valence electrons. The van der Waals surface area contributed by atoms with Crippen LogP contribution in [0.3, 0.4) is 0 Å². The van der Waals surface area contributed by atoms with E-state index in [0.717, 1.165) is 10.6 Å². The van der Waals surface area contributed by atoms with Crippen molar-refractivity contribution in [3.63, 3.8) is 0 Å². The van der Waals surface area contributed by atoms with Gasteiger partial charge in [-0.15, -0.1) is 11.8 Å². The molecule has 1 aliphatic heterocycles. The summed E-state index contributed by atoms with van der Waals surface area (Å²) in [7, 11) is 0. The maximum Gasteiger partial charge on any atom is 0.308 e. The molecule has 2 aromatic rings. The SMILES string of the molecule is Cc1cc(NC(=O)[C@@H](C)OC(=O)C[C@H]2Sc3ccccc3NC2=O)no1. The lowest BCUT2D eigenvalue weighted by atomic mass is 10.2. The van der Waals surface area contributed by atoms with E-state index in [1.54, 1.807) is 19.1 Å². The molecule has 1 aromatic heterocycles. The van der Waals surface area contributed by atoms with Crippen LogP contribution in [0.4, 0.5) is 11.5 Å². The van der Waals surface area contributed by atoms with Crippen LogP contribution in [0.5, 0.6) is 0 Å². The van der Waals surface area contributed by atoms with Crippen LogP contribution in [-0.4, -0.2) is 34.3 Å². The summed E-state index contributed by atoms with van der Waals surface area (Å²) in [5.74, 6) is -0.630. The van der Waals surface area contributed by atoms with Gasteiger partial charge in [-0.2, -0.15) is 0 Å². The summed E-state index contributed by atoms with van der Waals surface area (Å²) in [4.78, 5) is 37.1. The third-order valence-electron chi connectivity index (χ3n) is 3.62. The van der Waals surface area contributed by atoms with Crippen LogP contribution >= 0.6 is 11.8 Å². The minimum Gasteiger partial charge on any atom is -0.452 e. The van der Waals surface area contributed by atoms with Crippen molar-refractivity contribution < 1.29 is 23.6 Å². The smallest absolute Gasteiger partial charge is 0.308 e. The third kappa shape index (κ3) is 4.23. The largest absolute Gasteiger partial charge is 0.452 e. The number of rotatable bonds is 5. The van der Waals surface area contributed by atoms with Crippen molar-refractivity contribution in [2.75, 3.05) is 10.6 Å². The Hall–Kier alpha value is -2.81. The topological polar surface area (TPSA) is 111 Å². The fourth-order valence-corrected chi connectivity index (χ4v) is 3.43. The molecule has 2 amide bonds. The Balaban J connectivity index is 1.53. The van der Waals surface area contributed by atoms with Crippen LogP contribution in [0.1, 0.15) is 19.1 Å². The molecule has 2 heterocycles. The van der Waals surface area contributed by atoms with Crippen molar-refractivity contribution in [3.8, 4) is 0 Å². The van der Waals surface area contributed by atoms with E-state index < -0.39 is 23.2 Å². The van der Waals surface area contributed by atoms with E-state index in [4.69, 9.17) is 9.26 Å². The molecule has 2 N–H and O–H groups in total. The van der Waals surface area contributed by atoms with Crippen molar-refractivity contribution in [2.24, 2.45) is 0 Å². The Morgan fingerprint density at radius 1 is 1.42 bits per heavy atom. The van der Waals surface area contributed by atoms with Gasteiger partial charge in [0.2, 0.25) is 5.91 Å². The number of amides is 2. The van der Waals surface area contributed by atoms with Crippen LogP contribution < -0.4 is 10.6 Å². The molecular weight excluding hydrogens is 358 g/mol.